The van der Waals surface area contributed by atoms with Gasteiger partial charge in [-0.05, 0) is 46.0 Å². The quantitative estimate of drug-likeness (QED) is 0.524. The first kappa shape index (κ1) is 23.0. The SMILES string of the molecule is CCOC(=O)CC1(C(=O)OCC)CC(C2CCC(OC)C(OC3CCCC3)C2)=NO1. The fourth-order valence-corrected chi connectivity index (χ4v) is 4.79. The standard InChI is InChI=1S/C22H35NO7/c1-4-27-20(24)14-22(21(25)28-5-2)13-17(23-30-22)15-10-11-18(26-3)19(12-15)29-16-8-6-7-9-16/h15-16,18-19H,4-14H2,1-3H3. The smallest absolute Gasteiger partial charge is 0.354 e. The monoisotopic (exact) mass is 425 g/mol. The van der Waals surface area contributed by atoms with Gasteiger partial charge in [-0.3, -0.25) is 4.79 Å². The summed E-state index contributed by atoms with van der Waals surface area (Å²) in [5, 5.41) is 4.26. The Kier molecular flexibility index (Phi) is 8.11. The van der Waals surface area contributed by atoms with E-state index in [0.717, 1.165) is 37.8 Å². The van der Waals surface area contributed by atoms with Crippen LogP contribution in [0.4, 0.5) is 0 Å². The molecular formula is C22H35NO7. The van der Waals surface area contributed by atoms with Crippen molar-refractivity contribution in [2.24, 2.45) is 11.1 Å². The molecule has 3 rings (SSSR count). The molecule has 4 atom stereocenters. The number of ether oxygens (including phenoxy) is 4. The van der Waals surface area contributed by atoms with Crippen LogP contribution in [0.15, 0.2) is 5.16 Å². The van der Waals surface area contributed by atoms with Crippen LogP contribution in [0.25, 0.3) is 0 Å². The number of hydrogen-bond donors (Lipinski definition) is 0. The van der Waals surface area contributed by atoms with Crippen molar-refractivity contribution in [1.29, 1.82) is 0 Å². The number of nitrogens with zero attached hydrogens (tertiary/aromatic N) is 1. The predicted octanol–water partition coefficient (Wildman–Crippen LogP) is 3.16. The van der Waals surface area contributed by atoms with E-state index in [9.17, 15) is 9.59 Å². The molecule has 0 aromatic carbocycles. The van der Waals surface area contributed by atoms with Gasteiger partial charge < -0.3 is 23.8 Å². The molecule has 2 saturated carbocycles. The molecule has 0 saturated heterocycles. The third-order valence-electron chi connectivity index (χ3n) is 6.36. The molecule has 8 heteroatoms. The Hall–Kier alpha value is -1.67. The molecule has 0 radical (unpaired) electrons. The summed E-state index contributed by atoms with van der Waals surface area (Å²) in [6.07, 6.45) is 7.56. The maximum atomic E-state index is 12.7. The third-order valence-corrected chi connectivity index (χ3v) is 6.36. The topological polar surface area (TPSA) is 92.7 Å². The highest BCUT2D eigenvalue weighted by molar-refractivity contribution is 5.97. The number of esters is 2. The molecule has 2 fully saturated rings. The van der Waals surface area contributed by atoms with Crippen LogP contribution < -0.4 is 0 Å². The van der Waals surface area contributed by atoms with Crippen molar-refractivity contribution < 1.29 is 33.4 Å². The van der Waals surface area contributed by atoms with Gasteiger partial charge >= 0.3 is 11.9 Å². The molecule has 1 aliphatic heterocycles. The number of methoxy groups -OCH3 is 1. The number of carbonyl (C=O) groups is 2. The Labute approximate surface area is 178 Å². The van der Waals surface area contributed by atoms with Gasteiger partial charge in [-0.2, -0.15) is 0 Å². The molecule has 8 nitrogen and oxygen atoms in total. The van der Waals surface area contributed by atoms with Gasteiger partial charge in [0.05, 0.1) is 43.7 Å². The Morgan fingerprint density at radius 2 is 1.80 bits per heavy atom. The van der Waals surface area contributed by atoms with Crippen molar-refractivity contribution in [2.45, 2.75) is 95.5 Å². The summed E-state index contributed by atoms with van der Waals surface area (Å²) in [6, 6.07) is 0. The van der Waals surface area contributed by atoms with Crippen molar-refractivity contribution in [3.05, 3.63) is 0 Å². The van der Waals surface area contributed by atoms with Gasteiger partial charge in [0, 0.05) is 19.4 Å². The summed E-state index contributed by atoms with van der Waals surface area (Å²) < 4.78 is 22.3. The van der Waals surface area contributed by atoms with Gasteiger partial charge in [0.2, 0.25) is 5.60 Å². The number of hydrogen-bond acceptors (Lipinski definition) is 8. The van der Waals surface area contributed by atoms with Crippen molar-refractivity contribution in [2.75, 3.05) is 20.3 Å². The van der Waals surface area contributed by atoms with Gasteiger partial charge in [0.1, 0.15) is 0 Å². The Balaban J connectivity index is 1.67. The van der Waals surface area contributed by atoms with Crippen LogP contribution in [0.2, 0.25) is 0 Å². The van der Waals surface area contributed by atoms with Crippen LogP contribution in [0.1, 0.15) is 71.6 Å². The summed E-state index contributed by atoms with van der Waals surface area (Å²) >= 11 is 0. The van der Waals surface area contributed by atoms with Crippen LogP contribution in [0.5, 0.6) is 0 Å². The molecule has 0 N–H and O–H groups in total. The lowest BCUT2D eigenvalue weighted by molar-refractivity contribution is -0.176. The van der Waals surface area contributed by atoms with Crippen molar-refractivity contribution in [3.63, 3.8) is 0 Å². The maximum absolute atomic E-state index is 12.7. The van der Waals surface area contributed by atoms with E-state index >= 15 is 0 Å². The van der Waals surface area contributed by atoms with Gasteiger partial charge in [-0.15, -0.1) is 0 Å². The van der Waals surface area contributed by atoms with Gasteiger partial charge in [-0.25, -0.2) is 4.79 Å². The molecule has 1 heterocycles. The molecule has 0 bridgehead atoms. The van der Waals surface area contributed by atoms with Crippen molar-refractivity contribution in [3.8, 4) is 0 Å². The fraction of sp³-hybridized carbons (Fsp3) is 0.864. The number of carbonyl (C=O) groups excluding carboxylic acids is 2. The minimum absolute atomic E-state index is 0.00204. The average molecular weight is 426 g/mol. The number of oxime groups is 1. The van der Waals surface area contributed by atoms with Crippen LogP contribution in [0.3, 0.4) is 0 Å². The predicted molar refractivity (Wildman–Crippen MR) is 109 cm³/mol. The average Bonchev–Trinajstić information content (AvgIpc) is 3.39. The lowest BCUT2D eigenvalue weighted by atomic mass is 9.78. The molecule has 3 aliphatic rings. The van der Waals surface area contributed by atoms with Gasteiger partial charge in [-0.1, -0.05) is 18.0 Å². The molecule has 0 amide bonds. The largest absolute Gasteiger partial charge is 0.466 e. The first-order valence-corrected chi connectivity index (χ1v) is 11.3. The fourth-order valence-electron chi connectivity index (χ4n) is 4.79. The summed E-state index contributed by atoms with van der Waals surface area (Å²) in [4.78, 5) is 30.4. The first-order valence-electron chi connectivity index (χ1n) is 11.3. The Morgan fingerprint density at radius 1 is 1.07 bits per heavy atom. The van der Waals surface area contributed by atoms with Crippen LogP contribution in [-0.4, -0.2) is 61.9 Å². The van der Waals surface area contributed by atoms with Crippen LogP contribution in [0, 0.1) is 5.92 Å². The van der Waals surface area contributed by atoms with E-state index in [2.05, 4.69) is 5.16 Å². The zero-order chi connectivity index (χ0) is 21.6. The van der Waals surface area contributed by atoms with E-state index in [0.29, 0.717) is 6.10 Å². The minimum Gasteiger partial charge on any atom is -0.466 e. The van der Waals surface area contributed by atoms with E-state index in [4.69, 9.17) is 23.8 Å². The second kappa shape index (κ2) is 10.6. The molecule has 170 valence electrons. The van der Waals surface area contributed by atoms with Crippen LogP contribution in [-0.2, 0) is 33.4 Å². The zero-order valence-electron chi connectivity index (χ0n) is 18.4. The highest BCUT2D eigenvalue weighted by Gasteiger charge is 2.52. The molecule has 4 unspecified atom stereocenters. The molecule has 2 aliphatic carbocycles. The summed E-state index contributed by atoms with van der Waals surface area (Å²) in [5.41, 5.74) is -0.640. The third kappa shape index (κ3) is 5.32. The van der Waals surface area contributed by atoms with Crippen molar-refractivity contribution >= 4 is 17.7 Å². The van der Waals surface area contributed by atoms with E-state index in [1.165, 1.54) is 12.8 Å². The lowest BCUT2D eigenvalue weighted by Gasteiger charge is -2.36. The first-order chi connectivity index (χ1) is 14.5. The Morgan fingerprint density at radius 3 is 2.47 bits per heavy atom. The molecule has 0 spiro atoms. The van der Waals surface area contributed by atoms with E-state index in [1.807, 2.05) is 0 Å². The second-order valence-corrected chi connectivity index (χ2v) is 8.41. The normalized spacial score (nSPS) is 31.8. The van der Waals surface area contributed by atoms with Crippen molar-refractivity contribution in [1.82, 2.24) is 0 Å². The summed E-state index contributed by atoms with van der Waals surface area (Å²) in [7, 11) is 1.73. The number of rotatable bonds is 9. The summed E-state index contributed by atoms with van der Waals surface area (Å²) in [5.74, 6) is -0.935. The van der Waals surface area contributed by atoms with Gasteiger partial charge in [0.15, 0.2) is 0 Å². The summed E-state index contributed by atoms with van der Waals surface area (Å²) in [6.45, 7) is 3.90. The molecular weight excluding hydrogens is 390 g/mol. The second-order valence-electron chi connectivity index (χ2n) is 8.41. The van der Waals surface area contributed by atoms with E-state index in [-0.39, 0.29) is 44.2 Å². The molecule has 0 aromatic rings. The van der Waals surface area contributed by atoms with Gasteiger partial charge in [0.25, 0.3) is 0 Å². The van der Waals surface area contributed by atoms with Crippen LogP contribution >= 0.6 is 0 Å². The highest BCUT2D eigenvalue weighted by Crippen LogP contribution is 2.38. The molecule has 30 heavy (non-hydrogen) atoms. The minimum atomic E-state index is -1.43. The maximum Gasteiger partial charge on any atom is 0.354 e. The van der Waals surface area contributed by atoms with E-state index in [1.54, 1.807) is 21.0 Å². The van der Waals surface area contributed by atoms with E-state index < -0.39 is 17.5 Å². The lowest BCUT2D eigenvalue weighted by Crippen LogP contribution is -2.45. The zero-order valence-corrected chi connectivity index (χ0v) is 18.4. The molecule has 0 aromatic heterocycles. The highest BCUT2D eigenvalue weighted by atomic mass is 16.7. The Bertz CT molecular complexity index is 631.